The summed E-state index contributed by atoms with van der Waals surface area (Å²) in [6.07, 6.45) is -1.73. The van der Waals surface area contributed by atoms with Crippen molar-refractivity contribution in [3.63, 3.8) is 0 Å². The summed E-state index contributed by atoms with van der Waals surface area (Å²) in [6, 6.07) is 14.3. The SMILES string of the molecule is O=C(/C=C/N(Cc1ccccc1)c1ccccn1)C(F)(F)F. The van der Waals surface area contributed by atoms with Crippen molar-refractivity contribution in [1.82, 2.24) is 4.98 Å². The van der Waals surface area contributed by atoms with E-state index in [1.165, 1.54) is 11.1 Å². The summed E-state index contributed by atoms with van der Waals surface area (Å²) in [5.74, 6) is -1.45. The van der Waals surface area contributed by atoms with E-state index in [0.717, 1.165) is 11.8 Å². The van der Waals surface area contributed by atoms with Gasteiger partial charge >= 0.3 is 6.18 Å². The van der Waals surface area contributed by atoms with Crippen molar-refractivity contribution < 1.29 is 18.0 Å². The van der Waals surface area contributed by atoms with Crippen molar-refractivity contribution in [2.75, 3.05) is 4.90 Å². The monoisotopic (exact) mass is 306 g/mol. The molecule has 2 rings (SSSR count). The van der Waals surface area contributed by atoms with Gasteiger partial charge in [-0.25, -0.2) is 4.98 Å². The van der Waals surface area contributed by atoms with Crippen LogP contribution in [0.15, 0.2) is 67.0 Å². The lowest BCUT2D eigenvalue weighted by Gasteiger charge is -2.19. The van der Waals surface area contributed by atoms with E-state index in [-0.39, 0.29) is 0 Å². The number of carbonyl (C=O) groups excluding carboxylic acids is 1. The van der Waals surface area contributed by atoms with E-state index >= 15 is 0 Å². The van der Waals surface area contributed by atoms with Crippen LogP contribution in [0, 0.1) is 0 Å². The van der Waals surface area contributed by atoms with Crippen LogP contribution in [0.3, 0.4) is 0 Å². The second-order valence-electron chi connectivity index (χ2n) is 4.48. The largest absolute Gasteiger partial charge is 0.454 e. The first-order chi connectivity index (χ1) is 10.5. The van der Waals surface area contributed by atoms with Crippen LogP contribution in [0.2, 0.25) is 0 Å². The molecule has 0 spiro atoms. The maximum absolute atomic E-state index is 12.3. The third-order valence-electron chi connectivity index (χ3n) is 2.82. The first-order valence-electron chi connectivity index (χ1n) is 6.48. The highest BCUT2D eigenvalue weighted by atomic mass is 19.4. The van der Waals surface area contributed by atoms with Crippen LogP contribution in [0.4, 0.5) is 19.0 Å². The van der Waals surface area contributed by atoms with Gasteiger partial charge in [0.25, 0.3) is 5.78 Å². The molecule has 0 bridgehead atoms. The van der Waals surface area contributed by atoms with Crippen LogP contribution in [0.1, 0.15) is 5.56 Å². The van der Waals surface area contributed by atoms with Crippen LogP contribution < -0.4 is 4.90 Å². The molecule has 0 atom stereocenters. The summed E-state index contributed by atoms with van der Waals surface area (Å²) in [7, 11) is 0. The molecule has 0 aliphatic rings. The molecule has 6 heteroatoms. The van der Waals surface area contributed by atoms with Gasteiger partial charge in [-0.2, -0.15) is 13.2 Å². The van der Waals surface area contributed by atoms with Gasteiger partial charge in [-0.15, -0.1) is 0 Å². The number of hydrogen-bond acceptors (Lipinski definition) is 3. The minimum absolute atomic E-state index is 0.305. The van der Waals surface area contributed by atoms with Gasteiger partial charge in [0.05, 0.1) is 0 Å². The zero-order chi connectivity index (χ0) is 16.0. The van der Waals surface area contributed by atoms with E-state index in [0.29, 0.717) is 18.4 Å². The van der Waals surface area contributed by atoms with Gasteiger partial charge in [0, 0.05) is 25.0 Å². The summed E-state index contributed by atoms with van der Waals surface area (Å²) in [6.45, 7) is 0.305. The van der Waals surface area contributed by atoms with Gasteiger partial charge in [-0.3, -0.25) is 4.79 Å². The number of aromatic nitrogens is 1. The number of hydrogen-bond donors (Lipinski definition) is 0. The molecule has 1 aromatic carbocycles. The Labute approximate surface area is 125 Å². The minimum atomic E-state index is -4.88. The van der Waals surface area contributed by atoms with Crippen molar-refractivity contribution in [2.45, 2.75) is 12.7 Å². The van der Waals surface area contributed by atoms with Gasteiger partial charge in [0.2, 0.25) is 0 Å². The molecule has 0 saturated heterocycles. The number of allylic oxidation sites excluding steroid dienone is 1. The van der Waals surface area contributed by atoms with Crippen LogP contribution in [-0.4, -0.2) is 16.9 Å². The standard InChI is InChI=1S/C16H13F3N2O/c17-16(18,19)14(22)9-11-21(15-8-4-5-10-20-15)12-13-6-2-1-3-7-13/h1-11H,12H2/b11-9+. The van der Waals surface area contributed by atoms with Gasteiger partial charge in [0.1, 0.15) is 5.82 Å². The summed E-state index contributed by atoms with van der Waals surface area (Å²) in [5, 5.41) is 0. The van der Waals surface area contributed by atoms with Crippen LogP contribution in [0.25, 0.3) is 0 Å². The second-order valence-corrected chi connectivity index (χ2v) is 4.48. The molecule has 0 N–H and O–H groups in total. The molecular formula is C16H13F3N2O. The van der Waals surface area contributed by atoms with Crippen molar-refractivity contribution >= 4 is 11.6 Å². The highest BCUT2D eigenvalue weighted by molar-refractivity contribution is 5.94. The molecular weight excluding hydrogens is 293 g/mol. The Morgan fingerprint density at radius 2 is 1.77 bits per heavy atom. The average Bonchev–Trinajstić information content (AvgIpc) is 2.52. The molecule has 3 nitrogen and oxygen atoms in total. The topological polar surface area (TPSA) is 33.2 Å². The number of rotatable bonds is 5. The molecule has 0 amide bonds. The Hall–Kier alpha value is -2.63. The van der Waals surface area contributed by atoms with E-state index in [9.17, 15) is 18.0 Å². The van der Waals surface area contributed by atoms with Crippen LogP contribution in [0.5, 0.6) is 0 Å². The number of nitrogens with zero attached hydrogens (tertiary/aromatic N) is 2. The number of ketones is 1. The van der Waals surface area contributed by atoms with Gasteiger partial charge in [0.15, 0.2) is 0 Å². The lowest BCUT2D eigenvalue weighted by molar-refractivity contribution is -0.165. The quantitative estimate of drug-likeness (QED) is 0.789. The smallest absolute Gasteiger partial charge is 0.328 e. The summed E-state index contributed by atoms with van der Waals surface area (Å²) in [4.78, 5) is 16.6. The van der Waals surface area contributed by atoms with Crippen molar-refractivity contribution in [3.8, 4) is 0 Å². The van der Waals surface area contributed by atoms with E-state index in [1.807, 2.05) is 30.3 Å². The fourth-order valence-electron chi connectivity index (χ4n) is 1.77. The third-order valence-corrected chi connectivity index (χ3v) is 2.82. The maximum Gasteiger partial charge on any atom is 0.454 e. The molecule has 0 radical (unpaired) electrons. The van der Waals surface area contributed by atoms with Gasteiger partial charge < -0.3 is 4.90 Å². The first-order valence-corrected chi connectivity index (χ1v) is 6.48. The number of pyridine rings is 1. The summed E-state index contributed by atoms with van der Waals surface area (Å²) in [5.41, 5.74) is 0.886. The Morgan fingerprint density at radius 3 is 2.36 bits per heavy atom. The lowest BCUT2D eigenvalue weighted by atomic mass is 10.2. The molecule has 0 saturated carbocycles. The van der Waals surface area contributed by atoms with Crippen molar-refractivity contribution in [2.24, 2.45) is 0 Å². The number of benzene rings is 1. The number of carbonyl (C=O) groups is 1. The maximum atomic E-state index is 12.3. The van der Waals surface area contributed by atoms with Crippen molar-refractivity contribution in [1.29, 1.82) is 0 Å². The molecule has 22 heavy (non-hydrogen) atoms. The second kappa shape index (κ2) is 6.89. The first kappa shape index (κ1) is 15.8. The fourth-order valence-corrected chi connectivity index (χ4v) is 1.77. The molecule has 0 fully saturated rings. The van der Waals surface area contributed by atoms with Crippen LogP contribution >= 0.6 is 0 Å². The molecule has 2 aromatic rings. The normalized spacial score (nSPS) is 11.6. The number of halogens is 3. The van der Waals surface area contributed by atoms with Crippen molar-refractivity contribution in [3.05, 3.63) is 72.6 Å². The highest BCUT2D eigenvalue weighted by Crippen LogP contribution is 2.18. The molecule has 0 aliphatic carbocycles. The molecule has 114 valence electrons. The summed E-state index contributed by atoms with van der Waals surface area (Å²) >= 11 is 0. The Morgan fingerprint density at radius 1 is 1.09 bits per heavy atom. The predicted molar refractivity (Wildman–Crippen MR) is 77.1 cm³/mol. The Kier molecular flexibility index (Phi) is 4.93. The Balaban J connectivity index is 2.23. The molecule has 0 aliphatic heterocycles. The lowest BCUT2D eigenvalue weighted by Crippen LogP contribution is -2.22. The molecule has 0 unspecified atom stereocenters. The van der Waals surface area contributed by atoms with Crippen LogP contribution in [-0.2, 0) is 11.3 Å². The zero-order valence-corrected chi connectivity index (χ0v) is 11.5. The summed E-state index contributed by atoms with van der Waals surface area (Å²) < 4.78 is 36.9. The molecule has 1 heterocycles. The average molecular weight is 306 g/mol. The predicted octanol–water partition coefficient (Wildman–Crippen LogP) is 3.73. The fraction of sp³-hybridized carbons (Fsp3) is 0.125. The Bertz CT molecular complexity index is 639. The van der Waals surface area contributed by atoms with Gasteiger partial charge in [-0.05, 0) is 17.7 Å². The highest BCUT2D eigenvalue weighted by Gasteiger charge is 2.36. The van der Waals surface area contributed by atoms with E-state index in [1.54, 1.807) is 18.2 Å². The minimum Gasteiger partial charge on any atom is -0.328 e. The van der Waals surface area contributed by atoms with Gasteiger partial charge in [-0.1, -0.05) is 36.4 Å². The number of alkyl halides is 3. The van der Waals surface area contributed by atoms with E-state index in [4.69, 9.17) is 0 Å². The number of anilines is 1. The molecule has 1 aromatic heterocycles. The third kappa shape index (κ3) is 4.44. The van der Waals surface area contributed by atoms with E-state index in [2.05, 4.69) is 4.98 Å². The zero-order valence-electron chi connectivity index (χ0n) is 11.5. The van der Waals surface area contributed by atoms with E-state index < -0.39 is 12.0 Å².